The molecule has 2 heterocycles. The molecule has 3 rings (SSSR count). The number of aromatic nitrogens is 3. The Bertz CT molecular complexity index is 1130. The fourth-order valence-corrected chi connectivity index (χ4v) is 3.53. The fourth-order valence-electron chi connectivity index (χ4n) is 2.77. The van der Waals surface area contributed by atoms with E-state index in [1.54, 1.807) is 12.1 Å². The molecule has 26 heavy (non-hydrogen) atoms. The van der Waals surface area contributed by atoms with Crippen molar-refractivity contribution in [2.24, 2.45) is 0 Å². The zero-order valence-electron chi connectivity index (χ0n) is 14.4. The van der Waals surface area contributed by atoms with Crippen LogP contribution in [-0.2, 0) is 16.3 Å². The van der Waals surface area contributed by atoms with Crippen molar-refractivity contribution in [1.29, 1.82) is 0 Å². The van der Waals surface area contributed by atoms with Gasteiger partial charge in [-0.3, -0.25) is 4.79 Å². The fraction of sp³-hybridized carbons (Fsp3) is 0.278. The van der Waals surface area contributed by atoms with Crippen molar-refractivity contribution in [3.63, 3.8) is 0 Å². The van der Waals surface area contributed by atoms with Crippen molar-refractivity contribution < 1.29 is 8.42 Å². The highest BCUT2D eigenvalue weighted by atomic mass is 35.5. The number of halogens is 1. The summed E-state index contributed by atoms with van der Waals surface area (Å²) in [5.74, 6) is 0.396. The summed E-state index contributed by atoms with van der Waals surface area (Å²) < 4.78 is 23.2. The molecule has 0 saturated heterocycles. The summed E-state index contributed by atoms with van der Waals surface area (Å²) in [6.07, 6.45) is 3.63. The number of hydrogen-bond donors (Lipinski definition) is 1. The van der Waals surface area contributed by atoms with E-state index in [0.717, 1.165) is 17.2 Å². The molecular formula is C18H18ClN3O3S. The molecular weight excluding hydrogens is 374 g/mol. The average Bonchev–Trinajstić information content (AvgIpc) is 2.59. The van der Waals surface area contributed by atoms with E-state index in [1.807, 2.05) is 19.1 Å². The standard InChI is InChI=1S/C18H18ClN3O3S/c1-11(3-6-16-20-8-7-17(22-16)26(2,24)25)14-10-12-9-13(19)4-5-15(12)21-18(14)23/h4-5,7-11H,3,6H2,1-2H3,(H,21,23)/t11-/m1/s1. The number of benzene rings is 1. The lowest BCUT2D eigenvalue weighted by molar-refractivity contribution is 0.594. The monoisotopic (exact) mass is 391 g/mol. The lowest BCUT2D eigenvalue weighted by Crippen LogP contribution is -2.15. The highest BCUT2D eigenvalue weighted by Gasteiger charge is 2.14. The minimum Gasteiger partial charge on any atom is -0.322 e. The number of rotatable bonds is 5. The quantitative estimate of drug-likeness (QED) is 0.674. The third kappa shape index (κ3) is 4.11. The van der Waals surface area contributed by atoms with Gasteiger partial charge in [-0.05, 0) is 48.1 Å². The number of aryl methyl sites for hydroxylation is 1. The Morgan fingerprint density at radius 1 is 1.23 bits per heavy atom. The topological polar surface area (TPSA) is 92.8 Å². The molecule has 136 valence electrons. The second-order valence-corrected chi connectivity index (χ2v) is 8.71. The van der Waals surface area contributed by atoms with Gasteiger partial charge in [0.25, 0.3) is 5.56 Å². The summed E-state index contributed by atoms with van der Waals surface area (Å²) in [5, 5.41) is 1.48. The minimum absolute atomic E-state index is 0.00773. The molecule has 3 aromatic rings. The van der Waals surface area contributed by atoms with Gasteiger partial charge in [0, 0.05) is 35.0 Å². The van der Waals surface area contributed by atoms with Gasteiger partial charge >= 0.3 is 0 Å². The van der Waals surface area contributed by atoms with Gasteiger partial charge in [0.05, 0.1) is 0 Å². The smallest absolute Gasteiger partial charge is 0.251 e. The van der Waals surface area contributed by atoms with Crippen molar-refractivity contribution in [2.75, 3.05) is 6.26 Å². The molecule has 0 saturated carbocycles. The lowest BCUT2D eigenvalue weighted by atomic mass is 9.96. The molecule has 1 atom stereocenters. The number of nitrogens with one attached hydrogen (secondary N) is 1. The summed E-state index contributed by atoms with van der Waals surface area (Å²) in [5.41, 5.74) is 1.25. The molecule has 1 aromatic carbocycles. The Labute approximate surface area is 156 Å². The van der Waals surface area contributed by atoms with Gasteiger partial charge in [0.2, 0.25) is 0 Å². The lowest BCUT2D eigenvalue weighted by Gasteiger charge is -2.12. The molecule has 0 fully saturated rings. The van der Waals surface area contributed by atoms with Crippen molar-refractivity contribution in [1.82, 2.24) is 15.0 Å². The summed E-state index contributed by atoms with van der Waals surface area (Å²) in [7, 11) is -3.37. The van der Waals surface area contributed by atoms with Gasteiger partial charge in [-0.1, -0.05) is 18.5 Å². The van der Waals surface area contributed by atoms with Crippen LogP contribution in [0.3, 0.4) is 0 Å². The maximum absolute atomic E-state index is 12.4. The number of aromatic amines is 1. The third-order valence-electron chi connectivity index (χ3n) is 4.23. The molecule has 2 aromatic heterocycles. The van der Waals surface area contributed by atoms with Gasteiger partial charge in [0.15, 0.2) is 14.9 Å². The molecule has 6 nitrogen and oxygen atoms in total. The van der Waals surface area contributed by atoms with E-state index in [2.05, 4.69) is 15.0 Å². The minimum atomic E-state index is -3.37. The van der Waals surface area contributed by atoms with Crippen molar-refractivity contribution in [3.05, 3.63) is 63.3 Å². The van der Waals surface area contributed by atoms with Gasteiger partial charge < -0.3 is 4.98 Å². The highest BCUT2D eigenvalue weighted by Crippen LogP contribution is 2.23. The van der Waals surface area contributed by atoms with Gasteiger partial charge in [-0.2, -0.15) is 0 Å². The summed E-state index contributed by atoms with van der Waals surface area (Å²) in [4.78, 5) is 23.4. The number of sulfone groups is 1. The third-order valence-corrected chi connectivity index (χ3v) is 5.45. The molecule has 1 N–H and O–H groups in total. The number of pyridine rings is 1. The number of hydrogen-bond acceptors (Lipinski definition) is 5. The van der Waals surface area contributed by atoms with Crippen LogP contribution in [-0.4, -0.2) is 29.6 Å². The number of H-pyrrole nitrogens is 1. The predicted octanol–water partition coefficient (Wildman–Crippen LogP) is 3.11. The molecule has 0 aliphatic rings. The van der Waals surface area contributed by atoms with Crippen LogP contribution in [0.5, 0.6) is 0 Å². The SMILES string of the molecule is C[C@H](CCc1nccc(S(C)(=O)=O)n1)c1cc2cc(Cl)ccc2[nH]c1=O. The maximum Gasteiger partial charge on any atom is 0.251 e. The highest BCUT2D eigenvalue weighted by molar-refractivity contribution is 7.90. The number of fused-ring (bicyclic) bond motifs is 1. The van der Waals surface area contributed by atoms with Crippen LogP contribution in [0.4, 0.5) is 0 Å². The van der Waals surface area contributed by atoms with Crippen LogP contribution in [0, 0.1) is 0 Å². The Hall–Kier alpha value is -2.25. The van der Waals surface area contributed by atoms with E-state index in [9.17, 15) is 13.2 Å². The summed E-state index contributed by atoms with van der Waals surface area (Å²) in [6.45, 7) is 1.95. The van der Waals surface area contributed by atoms with E-state index < -0.39 is 9.84 Å². The van der Waals surface area contributed by atoms with Gasteiger partial charge in [-0.25, -0.2) is 18.4 Å². The first-order valence-electron chi connectivity index (χ1n) is 8.08. The summed E-state index contributed by atoms with van der Waals surface area (Å²) in [6, 6.07) is 8.54. The normalized spacial score (nSPS) is 13.0. The largest absolute Gasteiger partial charge is 0.322 e. The Morgan fingerprint density at radius 3 is 2.73 bits per heavy atom. The molecule has 0 unspecified atom stereocenters. The Morgan fingerprint density at radius 2 is 2.00 bits per heavy atom. The van der Waals surface area contributed by atoms with Crippen LogP contribution in [0.2, 0.25) is 5.02 Å². The van der Waals surface area contributed by atoms with E-state index in [1.165, 1.54) is 12.3 Å². The first-order valence-corrected chi connectivity index (χ1v) is 10.4. The maximum atomic E-state index is 12.4. The second-order valence-electron chi connectivity index (χ2n) is 6.31. The zero-order valence-corrected chi connectivity index (χ0v) is 15.9. The molecule has 0 aliphatic heterocycles. The van der Waals surface area contributed by atoms with E-state index in [0.29, 0.717) is 29.3 Å². The number of nitrogens with zero attached hydrogens (tertiary/aromatic N) is 2. The molecule has 0 bridgehead atoms. The van der Waals surface area contributed by atoms with Crippen molar-refractivity contribution in [2.45, 2.75) is 30.7 Å². The van der Waals surface area contributed by atoms with Crippen LogP contribution < -0.4 is 5.56 Å². The van der Waals surface area contributed by atoms with E-state index in [-0.39, 0.29) is 16.5 Å². The van der Waals surface area contributed by atoms with Crippen LogP contribution in [0.15, 0.2) is 46.3 Å². The molecule has 0 amide bonds. The van der Waals surface area contributed by atoms with Crippen molar-refractivity contribution >= 4 is 32.3 Å². The van der Waals surface area contributed by atoms with Crippen LogP contribution >= 0.6 is 11.6 Å². The Balaban J connectivity index is 1.82. The molecule has 0 aliphatic carbocycles. The van der Waals surface area contributed by atoms with Gasteiger partial charge in [0.1, 0.15) is 5.82 Å². The molecule has 8 heteroatoms. The average molecular weight is 392 g/mol. The second kappa shape index (κ2) is 7.17. The van der Waals surface area contributed by atoms with Crippen LogP contribution in [0.1, 0.15) is 30.7 Å². The summed E-state index contributed by atoms with van der Waals surface area (Å²) >= 11 is 6.03. The molecule has 0 spiro atoms. The first-order chi connectivity index (χ1) is 12.2. The molecule has 0 radical (unpaired) electrons. The van der Waals surface area contributed by atoms with E-state index in [4.69, 9.17) is 11.6 Å². The zero-order chi connectivity index (χ0) is 18.9. The van der Waals surface area contributed by atoms with Crippen molar-refractivity contribution in [3.8, 4) is 0 Å². The predicted molar refractivity (Wildman–Crippen MR) is 101 cm³/mol. The Kier molecular flexibility index (Phi) is 5.11. The first kappa shape index (κ1) is 18.5. The van der Waals surface area contributed by atoms with Crippen LogP contribution in [0.25, 0.3) is 10.9 Å². The van der Waals surface area contributed by atoms with E-state index >= 15 is 0 Å². The van der Waals surface area contributed by atoms with Gasteiger partial charge in [-0.15, -0.1) is 0 Å².